The molecule has 0 aromatic heterocycles. The van der Waals surface area contributed by atoms with E-state index in [0.29, 0.717) is 5.92 Å². The predicted molar refractivity (Wildman–Crippen MR) is 82.6 cm³/mol. The molecule has 0 bridgehead atoms. The van der Waals surface area contributed by atoms with Crippen LogP contribution in [0.3, 0.4) is 0 Å². The highest BCUT2D eigenvalue weighted by molar-refractivity contribution is 5.97. The molecule has 1 aliphatic heterocycles. The summed E-state index contributed by atoms with van der Waals surface area (Å²) in [6.07, 6.45) is 1.09. The van der Waals surface area contributed by atoms with Gasteiger partial charge in [-0.1, -0.05) is 31.2 Å². The Morgan fingerprint density at radius 1 is 1.15 bits per heavy atom. The van der Waals surface area contributed by atoms with Crippen molar-refractivity contribution in [2.45, 2.75) is 19.4 Å². The fourth-order valence-electron chi connectivity index (χ4n) is 3.25. The fourth-order valence-corrected chi connectivity index (χ4v) is 3.25. The van der Waals surface area contributed by atoms with Gasteiger partial charge in [-0.3, -0.25) is 0 Å². The minimum absolute atomic E-state index is 0.230. The van der Waals surface area contributed by atoms with Gasteiger partial charge in [-0.15, -0.1) is 0 Å². The molecule has 1 saturated heterocycles. The summed E-state index contributed by atoms with van der Waals surface area (Å²) in [5, 5.41) is 11.4. The van der Waals surface area contributed by atoms with Gasteiger partial charge in [0.25, 0.3) is 0 Å². The molecule has 1 heterocycles. The Morgan fingerprint density at radius 2 is 1.90 bits per heavy atom. The zero-order valence-corrected chi connectivity index (χ0v) is 11.7. The molecule has 2 aromatic carbocycles. The van der Waals surface area contributed by atoms with Gasteiger partial charge in [0.2, 0.25) is 0 Å². The van der Waals surface area contributed by atoms with Crippen molar-refractivity contribution in [3.8, 4) is 6.07 Å². The molecule has 0 radical (unpaired) electrons. The third-order valence-electron chi connectivity index (χ3n) is 4.05. The number of piperidine rings is 1. The summed E-state index contributed by atoms with van der Waals surface area (Å²) in [5.41, 5.74) is 8.09. The smallest absolute Gasteiger partial charge is 0.0998 e. The molecule has 1 fully saturated rings. The Bertz CT molecular complexity index is 661. The van der Waals surface area contributed by atoms with Crippen LogP contribution in [0.4, 0.5) is 5.69 Å². The minimum Gasteiger partial charge on any atom is -0.369 e. The van der Waals surface area contributed by atoms with Crippen LogP contribution in [0.2, 0.25) is 0 Å². The van der Waals surface area contributed by atoms with Crippen LogP contribution in [0.25, 0.3) is 10.8 Å². The molecule has 3 nitrogen and oxygen atoms in total. The van der Waals surface area contributed by atoms with Crippen molar-refractivity contribution in [1.29, 1.82) is 5.26 Å². The van der Waals surface area contributed by atoms with Crippen LogP contribution in [0.1, 0.15) is 18.9 Å². The van der Waals surface area contributed by atoms with Crippen molar-refractivity contribution in [3.05, 3.63) is 42.0 Å². The maximum atomic E-state index is 9.24. The van der Waals surface area contributed by atoms with E-state index >= 15 is 0 Å². The van der Waals surface area contributed by atoms with Gasteiger partial charge >= 0.3 is 0 Å². The highest BCUT2D eigenvalue weighted by Gasteiger charge is 2.23. The molecule has 0 spiro atoms. The molecular formula is C17H19N3. The van der Waals surface area contributed by atoms with Crippen molar-refractivity contribution in [2.75, 3.05) is 18.0 Å². The molecule has 0 amide bonds. The monoisotopic (exact) mass is 265 g/mol. The molecule has 0 saturated carbocycles. The number of hydrogen-bond acceptors (Lipinski definition) is 3. The lowest BCUT2D eigenvalue weighted by Crippen LogP contribution is -2.46. The number of benzene rings is 2. The summed E-state index contributed by atoms with van der Waals surface area (Å²) in [7, 11) is 0. The second-order valence-corrected chi connectivity index (χ2v) is 5.80. The molecule has 1 aliphatic rings. The molecule has 2 atom stereocenters. The topological polar surface area (TPSA) is 53.0 Å². The molecule has 2 aromatic rings. The largest absolute Gasteiger partial charge is 0.369 e. The summed E-state index contributed by atoms with van der Waals surface area (Å²) < 4.78 is 0. The average Bonchev–Trinajstić information content (AvgIpc) is 2.45. The first-order chi connectivity index (χ1) is 9.69. The van der Waals surface area contributed by atoms with Crippen LogP contribution in [0.5, 0.6) is 0 Å². The van der Waals surface area contributed by atoms with Crippen molar-refractivity contribution in [3.63, 3.8) is 0 Å². The van der Waals surface area contributed by atoms with E-state index in [9.17, 15) is 5.26 Å². The van der Waals surface area contributed by atoms with Crippen LogP contribution in [-0.2, 0) is 0 Å². The van der Waals surface area contributed by atoms with Gasteiger partial charge in [0.15, 0.2) is 0 Å². The number of nitrogens with zero attached hydrogens (tertiary/aromatic N) is 2. The maximum absolute atomic E-state index is 9.24. The summed E-state index contributed by atoms with van der Waals surface area (Å²) in [6, 6.07) is 14.6. The molecule has 3 rings (SSSR count). The zero-order valence-electron chi connectivity index (χ0n) is 11.7. The van der Waals surface area contributed by atoms with E-state index in [-0.39, 0.29) is 6.04 Å². The number of fused-ring (bicyclic) bond motifs is 1. The lowest BCUT2D eigenvalue weighted by Gasteiger charge is -2.37. The van der Waals surface area contributed by atoms with E-state index in [0.717, 1.165) is 35.8 Å². The first-order valence-electron chi connectivity index (χ1n) is 7.11. The van der Waals surface area contributed by atoms with Gasteiger partial charge in [-0.05, 0) is 24.5 Å². The number of anilines is 1. The quantitative estimate of drug-likeness (QED) is 0.862. The predicted octanol–water partition coefficient (Wildman–Crippen LogP) is 2.88. The van der Waals surface area contributed by atoms with Gasteiger partial charge in [0.1, 0.15) is 0 Å². The lowest BCUT2D eigenvalue weighted by atomic mass is 9.94. The van der Waals surface area contributed by atoms with Gasteiger partial charge < -0.3 is 10.6 Å². The molecular weight excluding hydrogens is 246 g/mol. The van der Waals surface area contributed by atoms with Gasteiger partial charge in [0.05, 0.1) is 11.6 Å². The second kappa shape index (κ2) is 5.15. The normalized spacial score (nSPS) is 22.8. The van der Waals surface area contributed by atoms with Crippen molar-refractivity contribution in [1.82, 2.24) is 0 Å². The summed E-state index contributed by atoms with van der Waals surface area (Å²) in [5.74, 6) is 0.605. The molecule has 0 aliphatic carbocycles. The highest BCUT2D eigenvalue weighted by atomic mass is 15.2. The zero-order chi connectivity index (χ0) is 14.1. The van der Waals surface area contributed by atoms with Gasteiger partial charge in [0, 0.05) is 35.6 Å². The first kappa shape index (κ1) is 13.0. The first-order valence-corrected chi connectivity index (χ1v) is 7.11. The van der Waals surface area contributed by atoms with Crippen LogP contribution in [0.15, 0.2) is 36.4 Å². The summed E-state index contributed by atoms with van der Waals surface area (Å²) >= 11 is 0. The van der Waals surface area contributed by atoms with E-state index in [2.05, 4.69) is 30.0 Å². The Kier molecular flexibility index (Phi) is 3.33. The van der Waals surface area contributed by atoms with E-state index in [1.54, 1.807) is 0 Å². The number of hydrogen-bond donors (Lipinski definition) is 1. The Balaban J connectivity index is 2.11. The van der Waals surface area contributed by atoms with E-state index in [4.69, 9.17) is 5.73 Å². The minimum atomic E-state index is 0.230. The fraction of sp³-hybridized carbons (Fsp3) is 0.353. The van der Waals surface area contributed by atoms with Crippen molar-refractivity contribution in [2.24, 2.45) is 11.7 Å². The summed E-state index contributed by atoms with van der Waals surface area (Å²) in [6.45, 7) is 4.17. The van der Waals surface area contributed by atoms with Gasteiger partial charge in [-0.2, -0.15) is 5.26 Å². The Morgan fingerprint density at radius 3 is 2.60 bits per heavy atom. The lowest BCUT2D eigenvalue weighted by molar-refractivity contribution is 0.402. The summed E-state index contributed by atoms with van der Waals surface area (Å²) in [4.78, 5) is 2.36. The third kappa shape index (κ3) is 2.23. The molecule has 20 heavy (non-hydrogen) atoms. The number of nitriles is 1. The van der Waals surface area contributed by atoms with Crippen LogP contribution >= 0.6 is 0 Å². The Labute approximate surface area is 119 Å². The van der Waals surface area contributed by atoms with Crippen LogP contribution < -0.4 is 10.6 Å². The highest BCUT2D eigenvalue weighted by Crippen LogP contribution is 2.31. The van der Waals surface area contributed by atoms with Crippen LogP contribution in [0, 0.1) is 17.2 Å². The Hall–Kier alpha value is -2.05. The number of rotatable bonds is 1. The SMILES string of the molecule is CC1CC(N)CN(c2ccc(C#N)c3ccccc23)C1. The van der Waals surface area contributed by atoms with Gasteiger partial charge in [-0.25, -0.2) is 0 Å². The number of nitrogens with two attached hydrogens (primary N) is 1. The molecule has 3 heteroatoms. The van der Waals surface area contributed by atoms with Crippen molar-refractivity contribution >= 4 is 16.5 Å². The van der Waals surface area contributed by atoms with Crippen molar-refractivity contribution < 1.29 is 0 Å². The average molecular weight is 265 g/mol. The third-order valence-corrected chi connectivity index (χ3v) is 4.05. The van der Waals surface area contributed by atoms with E-state index < -0.39 is 0 Å². The molecule has 2 N–H and O–H groups in total. The molecule has 2 unspecified atom stereocenters. The second-order valence-electron chi connectivity index (χ2n) is 5.80. The molecule has 102 valence electrons. The van der Waals surface area contributed by atoms with E-state index in [1.807, 2.05) is 24.3 Å². The van der Waals surface area contributed by atoms with E-state index in [1.165, 1.54) is 5.69 Å². The van der Waals surface area contributed by atoms with Crippen LogP contribution in [-0.4, -0.2) is 19.1 Å². The maximum Gasteiger partial charge on any atom is 0.0998 e. The standard InChI is InChI=1S/C17H19N3/c1-12-8-14(19)11-20(10-12)17-7-6-13(9-18)15-4-2-3-5-16(15)17/h2-7,12,14H,8,10-11,19H2,1H3.